The molecule has 2 aromatic rings. The molecule has 2 N–H and O–H groups in total. The van der Waals surface area contributed by atoms with Gasteiger partial charge in [0.2, 0.25) is 0 Å². The molecule has 0 bridgehead atoms. The summed E-state index contributed by atoms with van der Waals surface area (Å²) in [5, 5.41) is 14.9. The van der Waals surface area contributed by atoms with Gasteiger partial charge in [0, 0.05) is 37.7 Å². The quantitative estimate of drug-likeness (QED) is 0.498. The first-order valence-corrected chi connectivity index (χ1v) is 10.6. The smallest absolute Gasteiger partial charge is 0.191 e. The van der Waals surface area contributed by atoms with Crippen LogP contribution in [0.1, 0.15) is 38.1 Å². The van der Waals surface area contributed by atoms with Crippen molar-refractivity contribution >= 4 is 5.96 Å². The van der Waals surface area contributed by atoms with Crippen molar-refractivity contribution in [3.63, 3.8) is 0 Å². The van der Waals surface area contributed by atoms with Crippen LogP contribution in [0.3, 0.4) is 0 Å². The molecular formula is C21H32FN7. The second-order valence-corrected chi connectivity index (χ2v) is 7.28. The fraction of sp³-hybridized carbons (Fsp3) is 0.571. The van der Waals surface area contributed by atoms with Crippen molar-refractivity contribution in [2.24, 2.45) is 4.99 Å². The van der Waals surface area contributed by atoms with Crippen molar-refractivity contribution in [1.29, 1.82) is 0 Å². The van der Waals surface area contributed by atoms with Crippen LogP contribution in [0.2, 0.25) is 0 Å². The minimum Gasteiger partial charge on any atom is -0.355 e. The van der Waals surface area contributed by atoms with Crippen LogP contribution in [0, 0.1) is 5.82 Å². The third kappa shape index (κ3) is 6.00. The molecule has 1 unspecified atom stereocenters. The van der Waals surface area contributed by atoms with Gasteiger partial charge in [-0.25, -0.2) is 9.38 Å². The second-order valence-electron chi connectivity index (χ2n) is 7.28. The number of nitrogens with zero attached hydrogens (tertiary/aromatic N) is 5. The summed E-state index contributed by atoms with van der Waals surface area (Å²) in [6.07, 6.45) is 5.04. The summed E-state index contributed by atoms with van der Waals surface area (Å²) in [5.41, 5.74) is 0.594. The van der Waals surface area contributed by atoms with E-state index in [4.69, 9.17) is 0 Å². The maximum atomic E-state index is 14.0. The summed E-state index contributed by atoms with van der Waals surface area (Å²) < 4.78 is 16.0. The number of likely N-dealkylation sites (tertiary alicyclic amines) is 1. The van der Waals surface area contributed by atoms with E-state index in [1.165, 1.54) is 18.9 Å². The van der Waals surface area contributed by atoms with Crippen LogP contribution in [0.25, 0.3) is 0 Å². The number of aliphatic imine (C=N–C) groups is 1. The Bertz CT molecular complexity index is 789. The number of guanidine groups is 1. The summed E-state index contributed by atoms with van der Waals surface area (Å²) in [5.74, 6) is 1.46. The molecule has 1 aliphatic rings. The molecule has 8 heteroatoms. The minimum absolute atomic E-state index is 0.222. The van der Waals surface area contributed by atoms with Crippen LogP contribution in [0.4, 0.5) is 4.39 Å². The SMILES string of the molecule is CCc1nncn1CCNC(=NCc1ccccc1F)NCC1CCCN1CC. The Morgan fingerprint density at radius 2 is 2.14 bits per heavy atom. The third-order valence-electron chi connectivity index (χ3n) is 5.43. The molecule has 29 heavy (non-hydrogen) atoms. The number of nitrogens with one attached hydrogen (secondary N) is 2. The van der Waals surface area contributed by atoms with Crippen LogP contribution in [-0.4, -0.2) is 57.8 Å². The van der Waals surface area contributed by atoms with Crippen molar-refractivity contribution < 1.29 is 4.39 Å². The van der Waals surface area contributed by atoms with Crippen LogP contribution in [-0.2, 0) is 19.5 Å². The lowest BCUT2D eigenvalue weighted by atomic mass is 10.2. The Hall–Kier alpha value is -2.48. The minimum atomic E-state index is -0.222. The number of halogens is 1. The van der Waals surface area contributed by atoms with E-state index < -0.39 is 0 Å². The van der Waals surface area contributed by atoms with Gasteiger partial charge in [-0.3, -0.25) is 4.90 Å². The van der Waals surface area contributed by atoms with Gasteiger partial charge in [0.15, 0.2) is 5.96 Å². The molecule has 0 amide bonds. The first-order valence-electron chi connectivity index (χ1n) is 10.6. The van der Waals surface area contributed by atoms with E-state index in [0.717, 1.165) is 38.4 Å². The first-order chi connectivity index (χ1) is 14.2. The predicted molar refractivity (Wildman–Crippen MR) is 113 cm³/mol. The lowest BCUT2D eigenvalue weighted by Gasteiger charge is -2.24. The van der Waals surface area contributed by atoms with Crippen LogP contribution in [0.15, 0.2) is 35.6 Å². The Labute approximate surface area is 172 Å². The van der Waals surface area contributed by atoms with Gasteiger partial charge in [0.1, 0.15) is 18.0 Å². The molecule has 1 saturated heterocycles. The maximum absolute atomic E-state index is 14.0. The van der Waals surface area contributed by atoms with E-state index >= 15 is 0 Å². The number of likely N-dealkylation sites (N-methyl/N-ethyl adjacent to an activating group) is 1. The van der Waals surface area contributed by atoms with Crippen LogP contribution < -0.4 is 10.6 Å². The summed E-state index contributed by atoms with van der Waals surface area (Å²) in [7, 11) is 0. The van der Waals surface area contributed by atoms with Gasteiger partial charge in [0.05, 0.1) is 6.54 Å². The number of benzene rings is 1. The lowest BCUT2D eigenvalue weighted by Crippen LogP contribution is -2.45. The Morgan fingerprint density at radius 1 is 1.28 bits per heavy atom. The summed E-state index contributed by atoms with van der Waals surface area (Å²) in [4.78, 5) is 7.12. The van der Waals surface area contributed by atoms with E-state index in [1.807, 2.05) is 10.6 Å². The molecule has 1 aromatic carbocycles. The molecule has 3 rings (SSSR count). The Morgan fingerprint density at radius 3 is 2.93 bits per heavy atom. The average molecular weight is 402 g/mol. The number of hydrogen-bond donors (Lipinski definition) is 2. The molecule has 7 nitrogen and oxygen atoms in total. The molecule has 1 aromatic heterocycles. The number of aryl methyl sites for hydroxylation is 1. The Balaban J connectivity index is 1.60. The van der Waals surface area contributed by atoms with Crippen molar-refractivity contribution in [3.8, 4) is 0 Å². The standard InChI is InChI=1S/C21H32FN7/c1-3-20-27-26-16-29(20)13-11-23-21(24-14-17-8-5-6-10-19(17)22)25-15-18-9-7-12-28(18)4-2/h5-6,8,10,16,18H,3-4,7,9,11-15H2,1-2H3,(H2,23,24,25). The number of hydrogen-bond acceptors (Lipinski definition) is 4. The molecule has 0 spiro atoms. The van der Waals surface area contributed by atoms with Gasteiger partial charge in [0.25, 0.3) is 0 Å². The van der Waals surface area contributed by atoms with Gasteiger partial charge >= 0.3 is 0 Å². The van der Waals surface area contributed by atoms with Gasteiger partial charge in [-0.05, 0) is 32.0 Å². The lowest BCUT2D eigenvalue weighted by molar-refractivity contribution is 0.267. The molecule has 1 fully saturated rings. The van der Waals surface area contributed by atoms with Crippen molar-refractivity contribution in [1.82, 2.24) is 30.3 Å². The van der Waals surface area contributed by atoms with Crippen LogP contribution >= 0.6 is 0 Å². The largest absolute Gasteiger partial charge is 0.355 e. The van der Waals surface area contributed by atoms with E-state index in [9.17, 15) is 4.39 Å². The third-order valence-corrected chi connectivity index (χ3v) is 5.43. The van der Waals surface area contributed by atoms with Crippen molar-refractivity contribution in [2.75, 3.05) is 26.2 Å². The molecule has 0 aliphatic carbocycles. The van der Waals surface area contributed by atoms with E-state index in [2.05, 4.69) is 44.6 Å². The van der Waals surface area contributed by atoms with E-state index in [0.29, 0.717) is 30.7 Å². The fourth-order valence-corrected chi connectivity index (χ4v) is 3.76. The summed E-state index contributed by atoms with van der Waals surface area (Å²) in [6.45, 7) is 9.07. The topological polar surface area (TPSA) is 70.4 Å². The van der Waals surface area contributed by atoms with Gasteiger partial charge in [-0.1, -0.05) is 32.0 Å². The Kier molecular flexibility index (Phi) is 7.98. The van der Waals surface area contributed by atoms with Gasteiger partial charge < -0.3 is 15.2 Å². The number of rotatable bonds is 9. The highest BCUT2D eigenvalue weighted by atomic mass is 19.1. The van der Waals surface area contributed by atoms with E-state index in [-0.39, 0.29) is 5.82 Å². The van der Waals surface area contributed by atoms with E-state index in [1.54, 1.807) is 18.5 Å². The zero-order valence-electron chi connectivity index (χ0n) is 17.4. The first kappa shape index (κ1) is 21.2. The molecule has 1 aliphatic heterocycles. The molecule has 0 radical (unpaired) electrons. The monoisotopic (exact) mass is 401 g/mol. The highest BCUT2D eigenvalue weighted by molar-refractivity contribution is 5.79. The zero-order valence-corrected chi connectivity index (χ0v) is 17.4. The van der Waals surface area contributed by atoms with Gasteiger partial charge in [-0.15, -0.1) is 10.2 Å². The highest BCUT2D eigenvalue weighted by Gasteiger charge is 2.22. The molecule has 0 saturated carbocycles. The summed E-state index contributed by atoms with van der Waals surface area (Å²) >= 11 is 0. The molecule has 1 atom stereocenters. The average Bonchev–Trinajstić information content (AvgIpc) is 3.39. The predicted octanol–water partition coefficient (Wildman–Crippen LogP) is 2.20. The summed E-state index contributed by atoms with van der Waals surface area (Å²) in [6, 6.07) is 7.30. The second kappa shape index (κ2) is 10.9. The van der Waals surface area contributed by atoms with Crippen molar-refractivity contribution in [3.05, 3.63) is 47.8 Å². The molecular weight excluding hydrogens is 369 g/mol. The normalized spacial score (nSPS) is 17.6. The fourth-order valence-electron chi connectivity index (χ4n) is 3.76. The maximum Gasteiger partial charge on any atom is 0.191 e. The van der Waals surface area contributed by atoms with Crippen LogP contribution in [0.5, 0.6) is 0 Å². The molecule has 158 valence electrons. The highest BCUT2D eigenvalue weighted by Crippen LogP contribution is 2.15. The number of aromatic nitrogens is 3. The zero-order chi connectivity index (χ0) is 20.5. The van der Waals surface area contributed by atoms with Crippen molar-refractivity contribution in [2.45, 2.75) is 52.2 Å². The van der Waals surface area contributed by atoms with Gasteiger partial charge in [-0.2, -0.15) is 0 Å². The molecule has 2 heterocycles.